The molecule has 0 amide bonds. The highest BCUT2D eigenvalue weighted by Crippen LogP contribution is 2.08. The van der Waals surface area contributed by atoms with Crippen LogP contribution in [0, 0.1) is 11.3 Å². The Morgan fingerprint density at radius 1 is 1.22 bits per heavy atom. The van der Waals surface area contributed by atoms with Crippen LogP contribution in [0.3, 0.4) is 0 Å². The molecule has 2 nitrogen and oxygen atoms in total. The van der Waals surface area contributed by atoms with Crippen molar-refractivity contribution in [2.75, 3.05) is 0 Å². The molecule has 1 aromatic heterocycles. The number of hydrogen-bond acceptors (Lipinski definition) is 2. The Bertz CT molecular complexity index is 402. The van der Waals surface area contributed by atoms with Gasteiger partial charge in [-0.3, -0.25) is 0 Å². The van der Waals surface area contributed by atoms with Gasteiger partial charge in [-0.25, -0.2) is 4.98 Å². The van der Waals surface area contributed by atoms with Crippen molar-refractivity contribution < 1.29 is 0 Å². The number of nitrogens with zero attached hydrogens (tertiary/aromatic N) is 2. The molecule has 0 aliphatic rings. The third-order valence-electron chi connectivity index (χ3n) is 2.97. The van der Waals surface area contributed by atoms with Crippen molar-refractivity contribution in [3.05, 3.63) is 41.7 Å². The van der Waals surface area contributed by atoms with E-state index in [0.29, 0.717) is 5.69 Å². The number of pyridine rings is 1. The largest absolute Gasteiger partial charge is 0.245 e. The summed E-state index contributed by atoms with van der Waals surface area (Å²) in [4.78, 5) is 4.06. The van der Waals surface area contributed by atoms with Crippen LogP contribution in [0.25, 0.3) is 0 Å². The van der Waals surface area contributed by atoms with Gasteiger partial charge in [-0.15, -0.1) is 0 Å². The van der Waals surface area contributed by atoms with Crippen LogP contribution in [0.1, 0.15) is 56.7 Å². The fourth-order valence-corrected chi connectivity index (χ4v) is 1.90. The van der Waals surface area contributed by atoms with Gasteiger partial charge in [-0.1, -0.05) is 44.4 Å². The maximum atomic E-state index is 8.91. The van der Waals surface area contributed by atoms with Gasteiger partial charge in [0.1, 0.15) is 11.8 Å². The Labute approximate surface area is 110 Å². The molecule has 0 aliphatic heterocycles. The van der Waals surface area contributed by atoms with Crippen LogP contribution in [0.5, 0.6) is 0 Å². The molecular weight excluding hydrogens is 220 g/mol. The molecule has 1 aromatic rings. The molecule has 0 radical (unpaired) electrons. The summed E-state index contributed by atoms with van der Waals surface area (Å²) < 4.78 is 0. The number of nitriles is 1. The second-order valence-corrected chi connectivity index (χ2v) is 4.48. The van der Waals surface area contributed by atoms with E-state index < -0.39 is 0 Å². The van der Waals surface area contributed by atoms with Crippen molar-refractivity contribution in [2.24, 2.45) is 0 Å². The zero-order valence-electron chi connectivity index (χ0n) is 11.2. The highest BCUT2D eigenvalue weighted by Gasteiger charge is 1.99. The lowest BCUT2D eigenvalue weighted by molar-refractivity contribution is 0.674. The number of hydrogen-bond donors (Lipinski definition) is 0. The van der Waals surface area contributed by atoms with Crippen molar-refractivity contribution in [1.82, 2.24) is 4.98 Å². The van der Waals surface area contributed by atoms with Crippen LogP contribution in [-0.2, 0) is 6.42 Å². The first-order valence-corrected chi connectivity index (χ1v) is 6.87. The molecule has 1 heterocycles. The molecule has 96 valence electrons. The van der Waals surface area contributed by atoms with Crippen LogP contribution < -0.4 is 0 Å². The first-order valence-electron chi connectivity index (χ1n) is 6.87. The van der Waals surface area contributed by atoms with Crippen LogP contribution in [0.15, 0.2) is 30.5 Å². The van der Waals surface area contributed by atoms with Gasteiger partial charge in [0, 0.05) is 6.20 Å². The molecule has 0 atom stereocenters. The standard InChI is InChI=1S/C16H22N2/c1-2-3-4-5-6-7-8-9-11-15-12-10-13-18-16(15)14-17/h7-8,10,12-13H,2-6,9,11H2,1H3. The smallest absolute Gasteiger partial charge is 0.143 e. The number of unbranched alkanes of at least 4 members (excludes halogenated alkanes) is 4. The molecule has 0 saturated heterocycles. The highest BCUT2D eigenvalue weighted by atomic mass is 14.7. The summed E-state index contributed by atoms with van der Waals surface area (Å²) in [7, 11) is 0. The Morgan fingerprint density at radius 3 is 2.83 bits per heavy atom. The molecule has 1 rings (SSSR count). The van der Waals surface area contributed by atoms with Crippen LogP contribution in [0.4, 0.5) is 0 Å². The van der Waals surface area contributed by atoms with Gasteiger partial charge in [0.25, 0.3) is 0 Å². The highest BCUT2D eigenvalue weighted by molar-refractivity contribution is 5.30. The third-order valence-corrected chi connectivity index (χ3v) is 2.97. The lowest BCUT2D eigenvalue weighted by atomic mass is 10.1. The van der Waals surface area contributed by atoms with E-state index >= 15 is 0 Å². The summed E-state index contributed by atoms with van der Waals surface area (Å²) in [6, 6.07) is 6.02. The van der Waals surface area contributed by atoms with E-state index in [2.05, 4.69) is 30.1 Å². The van der Waals surface area contributed by atoms with E-state index in [-0.39, 0.29) is 0 Å². The van der Waals surface area contributed by atoms with Gasteiger partial charge in [0.05, 0.1) is 0 Å². The van der Waals surface area contributed by atoms with Gasteiger partial charge < -0.3 is 0 Å². The van der Waals surface area contributed by atoms with Crippen molar-refractivity contribution in [3.8, 4) is 6.07 Å². The molecule has 2 heteroatoms. The molecule has 0 aromatic carbocycles. The predicted octanol–water partition coefficient (Wildman–Crippen LogP) is 4.41. The minimum absolute atomic E-state index is 0.564. The average molecular weight is 242 g/mol. The van der Waals surface area contributed by atoms with Gasteiger partial charge in [0.2, 0.25) is 0 Å². The molecule has 0 fully saturated rings. The summed E-state index contributed by atoms with van der Waals surface area (Å²) >= 11 is 0. The first-order chi connectivity index (χ1) is 8.88. The zero-order valence-corrected chi connectivity index (χ0v) is 11.2. The summed E-state index contributed by atoms with van der Waals surface area (Å²) in [6.07, 6.45) is 14.5. The number of aromatic nitrogens is 1. The van der Waals surface area contributed by atoms with Crippen molar-refractivity contribution in [3.63, 3.8) is 0 Å². The molecule has 0 N–H and O–H groups in total. The van der Waals surface area contributed by atoms with Crippen molar-refractivity contribution in [2.45, 2.75) is 51.9 Å². The molecular formula is C16H22N2. The van der Waals surface area contributed by atoms with Gasteiger partial charge in [0.15, 0.2) is 0 Å². The van der Waals surface area contributed by atoms with E-state index in [1.54, 1.807) is 6.20 Å². The van der Waals surface area contributed by atoms with E-state index in [4.69, 9.17) is 5.26 Å². The van der Waals surface area contributed by atoms with E-state index in [1.807, 2.05) is 12.1 Å². The van der Waals surface area contributed by atoms with E-state index in [0.717, 1.165) is 18.4 Å². The monoisotopic (exact) mass is 242 g/mol. The third kappa shape index (κ3) is 5.63. The second-order valence-electron chi connectivity index (χ2n) is 4.48. The molecule has 0 unspecified atom stereocenters. The minimum Gasteiger partial charge on any atom is -0.245 e. The Balaban J connectivity index is 2.21. The molecule has 0 spiro atoms. The summed E-state index contributed by atoms with van der Waals surface area (Å²) in [5.74, 6) is 0. The summed E-state index contributed by atoms with van der Waals surface area (Å²) in [5.41, 5.74) is 1.62. The molecule has 0 saturated carbocycles. The van der Waals surface area contributed by atoms with Crippen LogP contribution in [0.2, 0.25) is 0 Å². The SMILES string of the molecule is CCCCCCC=CCCc1cccnc1C#N. The van der Waals surface area contributed by atoms with Crippen LogP contribution >= 0.6 is 0 Å². The average Bonchev–Trinajstić information content (AvgIpc) is 2.42. The molecule has 0 bridgehead atoms. The second kappa shape index (κ2) is 9.41. The van der Waals surface area contributed by atoms with Gasteiger partial charge in [-0.05, 0) is 37.3 Å². The number of rotatable bonds is 8. The normalized spacial score (nSPS) is 10.7. The maximum Gasteiger partial charge on any atom is 0.143 e. The van der Waals surface area contributed by atoms with E-state index in [1.165, 1.54) is 32.1 Å². The quantitative estimate of drug-likeness (QED) is 0.500. The minimum atomic E-state index is 0.564. The Morgan fingerprint density at radius 2 is 2.06 bits per heavy atom. The number of aryl methyl sites for hydroxylation is 1. The van der Waals surface area contributed by atoms with Gasteiger partial charge in [-0.2, -0.15) is 5.26 Å². The van der Waals surface area contributed by atoms with E-state index in [9.17, 15) is 0 Å². The lowest BCUT2D eigenvalue weighted by Crippen LogP contribution is -1.92. The van der Waals surface area contributed by atoms with Gasteiger partial charge >= 0.3 is 0 Å². The summed E-state index contributed by atoms with van der Waals surface area (Å²) in [5, 5.41) is 8.91. The van der Waals surface area contributed by atoms with Crippen LogP contribution in [-0.4, -0.2) is 4.98 Å². The maximum absolute atomic E-state index is 8.91. The fourth-order valence-electron chi connectivity index (χ4n) is 1.90. The van der Waals surface area contributed by atoms with Crippen molar-refractivity contribution in [1.29, 1.82) is 5.26 Å². The Hall–Kier alpha value is -1.62. The lowest BCUT2D eigenvalue weighted by Gasteiger charge is -1.99. The summed E-state index contributed by atoms with van der Waals surface area (Å²) in [6.45, 7) is 2.23. The fraction of sp³-hybridized carbons (Fsp3) is 0.500. The zero-order chi connectivity index (χ0) is 13.1. The first kappa shape index (κ1) is 14.4. The topological polar surface area (TPSA) is 36.7 Å². The Kier molecular flexibility index (Phi) is 7.55. The molecule has 18 heavy (non-hydrogen) atoms. The predicted molar refractivity (Wildman–Crippen MR) is 75.2 cm³/mol. The molecule has 0 aliphatic carbocycles. The van der Waals surface area contributed by atoms with Crippen molar-refractivity contribution >= 4 is 0 Å². The number of allylic oxidation sites excluding steroid dienone is 2.